The third kappa shape index (κ3) is 4.72. The van der Waals surface area contributed by atoms with E-state index in [9.17, 15) is 9.90 Å². The predicted octanol–water partition coefficient (Wildman–Crippen LogP) is 2.87. The molecule has 0 aromatic heterocycles. The molecule has 0 aliphatic heterocycles. The van der Waals surface area contributed by atoms with Gasteiger partial charge in [0.25, 0.3) is 0 Å². The van der Waals surface area contributed by atoms with Crippen molar-refractivity contribution < 1.29 is 9.90 Å². The standard InChI is InChI=1S/C18H20NO2/c1-18(2,21)13-16(20)19-17(14-9-5-3-6-10-14)15-11-7-4-8-12-15/h3-13,17,21H,1-2H3,(H,19,20). The number of carbonyl (C=O) groups excluding carboxylic acids is 1. The molecule has 2 N–H and O–H groups in total. The molecule has 0 spiro atoms. The summed E-state index contributed by atoms with van der Waals surface area (Å²) in [5.74, 6) is -0.291. The van der Waals surface area contributed by atoms with Crippen molar-refractivity contribution in [2.75, 3.05) is 0 Å². The van der Waals surface area contributed by atoms with Crippen molar-refractivity contribution in [1.82, 2.24) is 5.32 Å². The minimum absolute atomic E-state index is 0.238. The molecular weight excluding hydrogens is 262 g/mol. The summed E-state index contributed by atoms with van der Waals surface area (Å²) in [6, 6.07) is 19.3. The summed E-state index contributed by atoms with van der Waals surface area (Å²) in [6.07, 6.45) is 1.28. The molecule has 0 heterocycles. The molecule has 0 fully saturated rings. The fourth-order valence-corrected chi connectivity index (χ4v) is 2.15. The maximum absolute atomic E-state index is 12.1. The Labute approximate surface area is 125 Å². The highest BCUT2D eigenvalue weighted by Gasteiger charge is 2.22. The van der Waals surface area contributed by atoms with Gasteiger partial charge in [-0.05, 0) is 25.0 Å². The zero-order valence-corrected chi connectivity index (χ0v) is 12.3. The van der Waals surface area contributed by atoms with Gasteiger partial charge in [-0.2, -0.15) is 0 Å². The van der Waals surface area contributed by atoms with Gasteiger partial charge in [0.1, 0.15) is 0 Å². The van der Waals surface area contributed by atoms with E-state index in [1.54, 1.807) is 13.8 Å². The van der Waals surface area contributed by atoms with Crippen molar-refractivity contribution in [3.63, 3.8) is 0 Å². The van der Waals surface area contributed by atoms with Gasteiger partial charge < -0.3 is 10.4 Å². The van der Waals surface area contributed by atoms with Gasteiger partial charge in [0.2, 0.25) is 5.91 Å². The SMILES string of the molecule is CC(C)(O)[CH]C(=O)NC(c1ccccc1)c1ccccc1. The average Bonchev–Trinajstić information content (AvgIpc) is 2.45. The van der Waals surface area contributed by atoms with Crippen LogP contribution in [0.1, 0.15) is 31.0 Å². The van der Waals surface area contributed by atoms with Crippen LogP contribution < -0.4 is 5.32 Å². The lowest BCUT2D eigenvalue weighted by Gasteiger charge is -2.22. The van der Waals surface area contributed by atoms with Crippen LogP contribution in [0.4, 0.5) is 0 Å². The number of hydrogen-bond donors (Lipinski definition) is 2. The summed E-state index contributed by atoms with van der Waals surface area (Å²) >= 11 is 0. The Balaban J connectivity index is 2.24. The van der Waals surface area contributed by atoms with E-state index in [4.69, 9.17) is 0 Å². The second-order valence-electron chi connectivity index (χ2n) is 5.56. The van der Waals surface area contributed by atoms with E-state index >= 15 is 0 Å². The van der Waals surface area contributed by atoms with Gasteiger partial charge in [-0.25, -0.2) is 0 Å². The predicted molar refractivity (Wildman–Crippen MR) is 83.5 cm³/mol. The second kappa shape index (κ2) is 6.55. The molecule has 0 aliphatic carbocycles. The van der Waals surface area contributed by atoms with Gasteiger partial charge in [-0.1, -0.05) is 60.7 Å². The molecule has 3 nitrogen and oxygen atoms in total. The first kappa shape index (κ1) is 15.3. The van der Waals surface area contributed by atoms with Crippen LogP contribution in [0, 0.1) is 6.42 Å². The quantitative estimate of drug-likeness (QED) is 0.886. The number of rotatable bonds is 5. The lowest BCUT2D eigenvalue weighted by atomic mass is 9.97. The van der Waals surface area contributed by atoms with Crippen LogP contribution in [-0.2, 0) is 4.79 Å². The molecule has 2 aromatic rings. The maximum Gasteiger partial charge on any atom is 0.227 e. The van der Waals surface area contributed by atoms with Crippen LogP contribution in [-0.4, -0.2) is 16.6 Å². The molecule has 0 unspecified atom stereocenters. The van der Waals surface area contributed by atoms with E-state index in [1.165, 1.54) is 6.42 Å². The molecule has 1 radical (unpaired) electrons. The first-order valence-electron chi connectivity index (χ1n) is 6.94. The number of nitrogens with one attached hydrogen (secondary N) is 1. The van der Waals surface area contributed by atoms with Gasteiger partial charge in [-0.15, -0.1) is 0 Å². The Bertz CT molecular complexity index is 534. The zero-order valence-electron chi connectivity index (χ0n) is 12.3. The minimum Gasteiger partial charge on any atom is -0.390 e. The van der Waals surface area contributed by atoms with E-state index in [2.05, 4.69) is 5.32 Å². The van der Waals surface area contributed by atoms with E-state index in [-0.39, 0.29) is 11.9 Å². The van der Waals surface area contributed by atoms with E-state index in [0.29, 0.717) is 0 Å². The molecule has 0 aliphatic rings. The largest absolute Gasteiger partial charge is 0.390 e. The van der Waals surface area contributed by atoms with Crippen molar-refractivity contribution in [1.29, 1.82) is 0 Å². The lowest BCUT2D eigenvalue weighted by molar-refractivity contribution is -0.120. The third-order valence-electron chi connectivity index (χ3n) is 3.04. The van der Waals surface area contributed by atoms with Crippen LogP contribution in [0.25, 0.3) is 0 Å². The highest BCUT2D eigenvalue weighted by molar-refractivity contribution is 5.86. The van der Waals surface area contributed by atoms with Crippen molar-refractivity contribution in [2.24, 2.45) is 0 Å². The highest BCUT2D eigenvalue weighted by atomic mass is 16.3. The number of hydrogen-bond acceptors (Lipinski definition) is 2. The number of aliphatic hydroxyl groups is 1. The fourth-order valence-electron chi connectivity index (χ4n) is 2.15. The monoisotopic (exact) mass is 282 g/mol. The molecule has 0 saturated heterocycles. The van der Waals surface area contributed by atoms with Gasteiger partial charge in [0.15, 0.2) is 0 Å². The van der Waals surface area contributed by atoms with Gasteiger partial charge in [0.05, 0.1) is 18.1 Å². The molecule has 0 bridgehead atoms. The Morgan fingerprint density at radius 3 is 1.81 bits per heavy atom. The Kier molecular flexibility index (Phi) is 4.76. The second-order valence-corrected chi connectivity index (χ2v) is 5.56. The smallest absolute Gasteiger partial charge is 0.227 e. The van der Waals surface area contributed by atoms with Crippen molar-refractivity contribution in [3.8, 4) is 0 Å². The average molecular weight is 282 g/mol. The van der Waals surface area contributed by atoms with Crippen LogP contribution in [0.2, 0.25) is 0 Å². The maximum atomic E-state index is 12.1. The number of amides is 1. The summed E-state index contributed by atoms with van der Waals surface area (Å²) in [5.41, 5.74) is 0.865. The highest BCUT2D eigenvalue weighted by Crippen LogP contribution is 2.22. The van der Waals surface area contributed by atoms with Crippen LogP contribution in [0.5, 0.6) is 0 Å². The lowest BCUT2D eigenvalue weighted by Crippen LogP contribution is -2.35. The number of carbonyl (C=O) groups is 1. The third-order valence-corrected chi connectivity index (χ3v) is 3.04. The topological polar surface area (TPSA) is 49.3 Å². The van der Waals surface area contributed by atoms with E-state index in [1.807, 2.05) is 60.7 Å². The summed E-state index contributed by atoms with van der Waals surface area (Å²) in [5, 5.41) is 12.7. The number of benzene rings is 2. The first-order valence-corrected chi connectivity index (χ1v) is 6.94. The molecule has 2 aromatic carbocycles. The van der Waals surface area contributed by atoms with Crippen LogP contribution in [0.3, 0.4) is 0 Å². The van der Waals surface area contributed by atoms with Crippen molar-refractivity contribution >= 4 is 5.91 Å². The first-order chi connectivity index (χ1) is 9.96. The molecule has 21 heavy (non-hydrogen) atoms. The van der Waals surface area contributed by atoms with Gasteiger partial charge in [0, 0.05) is 0 Å². The van der Waals surface area contributed by atoms with Crippen molar-refractivity contribution in [3.05, 3.63) is 78.2 Å². The van der Waals surface area contributed by atoms with Crippen molar-refractivity contribution in [2.45, 2.75) is 25.5 Å². The summed E-state index contributed by atoms with van der Waals surface area (Å²) < 4.78 is 0. The van der Waals surface area contributed by atoms with E-state index < -0.39 is 5.60 Å². The molecule has 0 saturated carbocycles. The van der Waals surface area contributed by atoms with E-state index in [0.717, 1.165) is 11.1 Å². The fraction of sp³-hybridized carbons (Fsp3) is 0.222. The molecule has 1 amide bonds. The van der Waals surface area contributed by atoms with Gasteiger partial charge in [-0.3, -0.25) is 4.79 Å². The molecule has 3 heteroatoms. The Morgan fingerprint density at radius 1 is 1.00 bits per heavy atom. The summed E-state index contributed by atoms with van der Waals surface area (Å²) in [7, 11) is 0. The van der Waals surface area contributed by atoms with Crippen LogP contribution >= 0.6 is 0 Å². The van der Waals surface area contributed by atoms with Crippen LogP contribution in [0.15, 0.2) is 60.7 Å². The Morgan fingerprint density at radius 2 is 1.43 bits per heavy atom. The summed E-state index contributed by atoms with van der Waals surface area (Å²) in [4.78, 5) is 12.1. The molecular formula is C18H20NO2. The normalized spacial score (nSPS) is 11.4. The van der Waals surface area contributed by atoms with Gasteiger partial charge >= 0.3 is 0 Å². The minimum atomic E-state index is -1.14. The summed E-state index contributed by atoms with van der Waals surface area (Å²) in [6.45, 7) is 3.15. The Hall–Kier alpha value is -2.13. The zero-order chi connectivity index (χ0) is 15.3. The molecule has 109 valence electrons. The molecule has 2 rings (SSSR count). The molecule has 0 atom stereocenters.